The molecule has 0 saturated carbocycles. The van der Waals surface area contributed by atoms with Crippen molar-refractivity contribution in [3.8, 4) is 0 Å². The van der Waals surface area contributed by atoms with Crippen molar-refractivity contribution in [3.63, 3.8) is 0 Å². The van der Waals surface area contributed by atoms with Gasteiger partial charge >= 0.3 is 0 Å². The second-order valence-electron chi connectivity index (χ2n) is 3.99. The van der Waals surface area contributed by atoms with E-state index in [-0.39, 0.29) is 11.3 Å². The first-order chi connectivity index (χ1) is 9.18. The predicted molar refractivity (Wildman–Crippen MR) is 67.9 cm³/mol. The molecule has 96 valence electrons. The third kappa shape index (κ3) is 1.86. The SMILES string of the molecule is O=C1NC(c2cccs2)C(C(=O)c2ccco2)=C1O. The van der Waals surface area contributed by atoms with Crippen LogP contribution in [0.25, 0.3) is 0 Å². The van der Waals surface area contributed by atoms with E-state index in [2.05, 4.69) is 5.32 Å². The molecule has 0 aromatic carbocycles. The lowest BCUT2D eigenvalue weighted by Crippen LogP contribution is -2.22. The van der Waals surface area contributed by atoms with Crippen molar-refractivity contribution in [1.82, 2.24) is 5.32 Å². The Morgan fingerprint density at radius 2 is 2.21 bits per heavy atom. The molecular weight excluding hydrogens is 266 g/mol. The van der Waals surface area contributed by atoms with Gasteiger partial charge in [-0.25, -0.2) is 0 Å². The van der Waals surface area contributed by atoms with Crippen LogP contribution in [-0.4, -0.2) is 16.8 Å². The fourth-order valence-corrected chi connectivity index (χ4v) is 2.76. The summed E-state index contributed by atoms with van der Waals surface area (Å²) in [6, 6.07) is 6.07. The summed E-state index contributed by atoms with van der Waals surface area (Å²) in [6.45, 7) is 0. The van der Waals surface area contributed by atoms with Crippen LogP contribution >= 0.6 is 11.3 Å². The third-order valence-corrected chi connectivity index (χ3v) is 3.79. The fourth-order valence-electron chi connectivity index (χ4n) is 1.98. The van der Waals surface area contributed by atoms with Crippen molar-refractivity contribution in [2.45, 2.75) is 6.04 Å². The van der Waals surface area contributed by atoms with E-state index >= 15 is 0 Å². The highest BCUT2D eigenvalue weighted by atomic mass is 32.1. The highest BCUT2D eigenvalue weighted by Gasteiger charge is 2.38. The monoisotopic (exact) mass is 275 g/mol. The van der Waals surface area contributed by atoms with E-state index in [1.807, 2.05) is 11.4 Å². The van der Waals surface area contributed by atoms with Gasteiger partial charge in [0, 0.05) is 4.88 Å². The Kier molecular flexibility index (Phi) is 2.72. The van der Waals surface area contributed by atoms with Crippen LogP contribution in [-0.2, 0) is 4.79 Å². The van der Waals surface area contributed by atoms with Crippen LogP contribution in [0.1, 0.15) is 21.5 Å². The number of hydrogen-bond acceptors (Lipinski definition) is 5. The first kappa shape index (κ1) is 11.7. The van der Waals surface area contributed by atoms with Gasteiger partial charge in [0.2, 0.25) is 5.78 Å². The summed E-state index contributed by atoms with van der Waals surface area (Å²) < 4.78 is 5.03. The number of rotatable bonds is 3. The molecule has 1 aliphatic rings. The highest BCUT2D eigenvalue weighted by molar-refractivity contribution is 7.10. The summed E-state index contributed by atoms with van der Waals surface area (Å²) in [6.07, 6.45) is 1.37. The van der Waals surface area contributed by atoms with Gasteiger partial charge in [-0.05, 0) is 23.6 Å². The van der Waals surface area contributed by atoms with E-state index in [0.717, 1.165) is 4.88 Å². The number of Topliss-reactive ketones (excluding diaryl/α,β-unsaturated/α-hetero) is 1. The number of aliphatic hydroxyl groups is 1. The number of thiophene rings is 1. The van der Waals surface area contributed by atoms with Crippen LogP contribution in [0.4, 0.5) is 0 Å². The van der Waals surface area contributed by atoms with Crippen LogP contribution in [0.15, 0.2) is 51.7 Å². The van der Waals surface area contributed by atoms with Crippen molar-refractivity contribution in [1.29, 1.82) is 0 Å². The molecular formula is C13H9NO4S. The number of amides is 1. The van der Waals surface area contributed by atoms with Crippen LogP contribution in [0, 0.1) is 0 Å². The van der Waals surface area contributed by atoms with Crippen LogP contribution < -0.4 is 5.32 Å². The third-order valence-electron chi connectivity index (χ3n) is 2.85. The fraction of sp³-hybridized carbons (Fsp3) is 0.0769. The van der Waals surface area contributed by atoms with Crippen molar-refractivity contribution < 1.29 is 19.1 Å². The molecule has 19 heavy (non-hydrogen) atoms. The van der Waals surface area contributed by atoms with Crippen LogP contribution in [0.3, 0.4) is 0 Å². The Morgan fingerprint density at radius 3 is 2.84 bits per heavy atom. The number of ketones is 1. The minimum atomic E-state index is -0.645. The topological polar surface area (TPSA) is 79.5 Å². The number of furan rings is 1. The molecule has 5 nitrogen and oxygen atoms in total. The summed E-state index contributed by atoms with van der Waals surface area (Å²) >= 11 is 1.40. The lowest BCUT2D eigenvalue weighted by molar-refractivity contribution is -0.119. The van der Waals surface area contributed by atoms with Gasteiger partial charge in [0.25, 0.3) is 5.91 Å². The molecule has 3 rings (SSSR count). The second kappa shape index (κ2) is 4.40. The van der Waals surface area contributed by atoms with E-state index in [1.165, 1.54) is 23.7 Å². The maximum Gasteiger partial charge on any atom is 0.287 e. The number of aliphatic hydroxyl groups excluding tert-OH is 1. The summed E-state index contributed by atoms with van der Waals surface area (Å²) in [5, 5.41) is 14.2. The maximum atomic E-state index is 12.3. The number of carbonyl (C=O) groups is 2. The van der Waals surface area contributed by atoms with E-state index in [9.17, 15) is 14.7 Å². The standard InChI is InChI=1S/C13H9NO4S/c15-11(7-3-1-5-18-7)9-10(8-4-2-6-19-8)14-13(17)12(9)16/h1-6,10,16H,(H,14,17). The summed E-state index contributed by atoms with van der Waals surface area (Å²) in [7, 11) is 0. The van der Waals surface area contributed by atoms with E-state index in [0.29, 0.717) is 0 Å². The highest BCUT2D eigenvalue weighted by Crippen LogP contribution is 2.33. The maximum absolute atomic E-state index is 12.3. The molecule has 2 aromatic rings. The Balaban J connectivity index is 2.05. The van der Waals surface area contributed by atoms with Crippen molar-refractivity contribution in [2.75, 3.05) is 0 Å². The lowest BCUT2D eigenvalue weighted by Gasteiger charge is -2.10. The average Bonchev–Trinajstić information content (AvgIpc) is 3.11. The first-order valence-electron chi connectivity index (χ1n) is 5.54. The lowest BCUT2D eigenvalue weighted by atomic mass is 10.0. The largest absolute Gasteiger partial charge is 0.503 e. The molecule has 0 fully saturated rings. The molecule has 2 aromatic heterocycles. The van der Waals surface area contributed by atoms with Gasteiger partial charge in [0.1, 0.15) is 0 Å². The van der Waals surface area contributed by atoms with Crippen LogP contribution in [0.2, 0.25) is 0 Å². The van der Waals surface area contributed by atoms with Gasteiger partial charge in [-0.15, -0.1) is 11.3 Å². The number of carbonyl (C=O) groups excluding carboxylic acids is 2. The van der Waals surface area contributed by atoms with Gasteiger partial charge in [-0.3, -0.25) is 9.59 Å². The average molecular weight is 275 g/mol. The molecule has 1 atom stereocenters. The minimum Gasteiger partial charge on any atom is -0.503 e. The molecule has 0 radical (unpaired) electrons. The van der Waals surface area contributed by atoms with E-state index < -0.39 is 23.5 Å². The molecule has 2 N–H and O–H groups in total. The Morgan fingerprint density at radius 1 is 1.37 bits per heavy atom. The Bertz CT molecular complexity index is 655. The second-order valence-corrected chi connectivity index (χ2v) is 4.97. The normalized spacial score (nSPS) is 18.7. The van der Waals surface area contributed by atoms with Crippen molar-refractivity contribution in [3.05, 3.63) is 57.9 Å². The van der Waals surface area contributed by atoms with Crippen molar-refractivity contribution >= 4 is 23.0 Å². The molecule has 1 unspecified atom stereocenters. The zero-order valence-electron chi connectivity index (χ0n) is 9.62. The smallest absolute Gasteiger partial charge is 0.287 e. The van der Waals surface area contributed by atoms with Crippen molar-refractivity contribution in [2.24, 2.45) is 0 Å². The predicted octanol–water partition coefficient (Wildman–Crippen LogP) is 2.21. The molecule has 0 spiro atoms. The van der Waals surface area contributed by atoms with Crippen LogP contribution in [0.5, 0.6) is 0 Å². The molecule has 1 amide bonds. The minimum absolute atomic E-state index is 0.0300. The van der Waals surface area contributed by atoms with Gasteiger partial charge in [-0.1, -0.05) is 6.07 Å². The molecule has 3 heterocycles. The molecule has 0 aliphatic carbocycles. The van der Waals surface area contributed by atoms with Gasteiger partial charge in [0.05, 0.1) is 17.9 Å². The summed E-state index contributed by atoms with van der Waals surface area (Å²) in [5.74, 6) is -1.58. The Labute approximate surface area is 112 Å². The molecule has 6 heteroatoms. The summed E-state index contributed by atoms with van der Waals surface area (Å²) in [5.41, 5.74) is 0.0300. The number of hydrogen-bond donors (Lipinski definition) is 2. The zero-order chi connectivity index (χ0) is 13.4. The van der Waals surface area contributed by atoms with Gasteiger partial charge < -0.3 is 14.8 Å². The Hall–Kier alpha value is -2.34. The summed E-state index contributed by atoms with van der Waals surface area (Å²) in [4.78, 5) is 24.6. The van der Waals surface area contributed by atoms with E-state index in [1.54, 1.807) is 12.1 Å². The number of nitrogens with one attached hydrogen (secondary N) is 1. The zero-order valence-corrected chi connectivity index (χ0v) is 10.4. The molecule has 1 aliphatic heterocycles. The van der Waals surface area contributed by atoms with Gasteiger partial charge in [-0.2, -0.15) is 0 Å². The van der Waals surface area contributed by atoms with Gasteiger partial charge in [0.15, 0.2) is 11.5 Å². The first-order valence-corrected chi connectivity index (χ1v) is 6.42. The molecule has 0 bridgehead atoms. The molecule has 0 saturated heterocycles. The quantitative estimate of drug-likeness (QED) is 0.842. The van der Waals surface area contributed by atoms with E-state index in [4.69, 9.17) is 4.42 Å².